The van der Waals surface area contributed by atoms with Crippen LogP contribution in [0.4, 0.5) is 5.82 Å². The summed E-state index contributed by atoms with van der Waals surface area (Å²) in [5.74, 6) is 2.68. The molecule has 2 heterocycles. The Bertz CT molecular complexity index is 597. The third-order valence-electron chi connectivity index (χ3n) is 4.30. The van der Waals surface area contributed by atoms with Gasteiger partial charge in [0, 0.05) is 17.3 Å². The lowest BCUT2D eigenvalue weighted by Gasteiger charge is -2.14. The Kier molecular flexibility index (Phi) is 4.73. The van der Waals surface area contributed by atoms with Gasteiger partial charge in [-0.25, -0.2) is 9.97 Å². The third-order valence-corrected chi connectivity index (χ3v) is 5.24. The number of rotatable bonds is 4. The third kappa shape index (κ3) is 3.37. The van der Waals surface area contributed by atoms with Crippen LogP contribution in [0.25, 0.3) is 10.2 Å². The summed E-state index contributed by atoms with van der Waals surface area (Å²) in [6.45, 7) is 5.32. The summed E-state index contributed by atoms with van der Waals surface area (Å²) < 4.78 is 0. The van der Waals surface area contributed by atoms with Gasteiger partial charge in [0.15, 0.2) is 0 Å². The molecule has 1 fully saturated rings. The number of hydrogen-bond acceptors (Lipinski definition) is 4. The van der Waals surface area contributed by atoms with Gasteiger partial charge in [-0.3, -0.25) is 0 Å². The first-order chi connectivity index (χ1) is 10.3. The molecule has 0 radical (unpaired) electrons. The first kappa shape index (κ1) is 14.8. The number of nitrogens with zero attached hydrogens (tertiary/aromatic N) is 2. The zero-order chi connectivity index (χ0) is 14.7. The van der Waals surface area contributed by atoms with E-state index in [1.165, 1.54) is 48.8 Å². The van der Waals surface area contributed by atoms with E-state index >= 15 is 0 Å². The van der Waals surface area contributed by atoms with Gasteiger partial charge < -0.3 is 5.32 Å². The molecule has 0 amide bonds. The van der Waals surface area contributed by atoms with Crippen LogP contribution in [0.1, 0.15) is 68.5 Å². The lowest BCUT2D eigenvalue weighted by atomic mass is 9.99. The number of hydrogen-bond donors (Lipinski definition) is 1. The molecule has 0 spiro atoms. The minimum absolute atomic E-state index is 0.557. The number of nitrogens with one attached hydrogen (secondary N) is 1. The van der Waals surface area contributed by atoms with Crippen LogP contribution >= 0.6 is 11.3 Å². The Morgan fingerprint density at radius 3 is 2.67 bits per heavy atom. The first-order valence-electron chi connectivity index (χ1n) is 8.30. The number of fused-ring (bicyclic) bond motifs is 1. The van der Waals surface area contributed by atoms with E-state index in [0.29, 0.717) is 5.92 Å². The van der Waals surface area contributed by atoms with E-state index in [1.807, 2.05) is 0 Å². The van der Waals surface area contributed by atoms with E-state index in [1.54, 1.807) is 11.3 Å². The van der Waals surface area contributed by atoms with Crippen LogP contribution in [0.3, 0.4) is 0 Å². The topological polar surface area (TPSA) is 37.8 Å². The van der Waals surface area contributed by atoms with Crippen molar-refractivity contribution in [2.75, 3.05) is 11.9 Å². The van der Waals surface area contributed by atoms with Crippen LogP contribution in [0.5, 0.6) is 0 Å². The Hall–Kier alpha value is -1.16. The molecule has 1 N–H and O–H groups in total. The van der Waals surface area contributed by atoms with Crippen LogP contribution in [-0.2, 0) is 0 Å². The van der Waals surface area contributed by atoms with Crippen LogP contribution < -0.4 is 5.32 Å². The molecule has 3 nitrogen and oxygen atoms in total. The quantitative estimate of drug-likeness (QED) is 0.783. The maximum atomic E-state index is 4.90. The standard InChI is InChI=1S/C17H25N3S/c1-3-10-18-16-14-11-12(2)21-17(14)20-15(19-16)13-8-6-4-5-7-9-13/h11,13H,3-10H2,1-2H3,(H,18,19,20). The molecule has 1 saturated carbocycles. The van der Waals surface area contributed by atoms with Crippen molar-refractivity contribution >= 4 is 27.4 Å². The lowest BCUT2D eigenvalue weighted by molar-refractivity contribution is 0.563. The van der Waals surface area contributed by atoms with Gasteiger partial charge in [0.05, 0.1) is 5.39 Å². The van der Waals surface area contributed by atoms with E-state index in [2.05, 4.69) is 25.2 Å². The number of aryl methyl sites for hydroxylation is 1. The summed E-state index contributed by atoms with van der Waals surface area (Å²) in [5, 5.41) is 4.70. The maximum absolute atomic E-state index is 4.90. The fraction of sp³-hybridized carbons (Fsp3) is 0.647. The van der Waals surface area contributed by atoms with Crippen LogP contribution in [0, 0.1) is 6.92 Å². The molecule has 1 aliphatic carbocycles. The van der Waals surface area contributed by atoms with Gasteiger partial charge in [-0.1, -0.05) is 32.6 Å². The molecule has 0 bridgehead atoms. The van der Waals surface area contributed by atoms with Crippen molar-refractivity contribution in [3.8, 4) is 0 Å². The largest absolute Gasteiger partial charge is 0.369 e. The second-order valence-electron chi connectivity index (χ2n) is 6.12. The van der Waals surface area contributed by atoms with Gasteiger partial charge in [-0.15, -0.1) is 11.3 Å². The highest BCUT2D eigenvalue weighted by Crippen LogP contribution is 2.34. The molecule has 0 atom stereocenters. The Morgan fingerprint density at radius 2 is 1.95 bits per heavy atom. The van der Waals surface area contributed by atoms with Gasteiger partial charge in [0.2, 0.25) is 0 Å². The number of anilines is 1. The van der Waals surface area contributed by atoms with Crippen molar-refractivity contribution in [3.05, 3.63) is 16.8 Å². The van der Waals surface area contributed by atoms with Gasteiger partial charge in [0.25, 0.3) is 0 Å². The highest BCUT2D eigenvalue weighted by Gasteiger charge is 2.19. The minimum atomic E-state index is 0.557. The molecule has 0 aliphatic heterocycles. The highest BCUT2D eigenvalue weighted by atomic mass is 32.1. The maximum Gasteiger partial charge on any atom is 0.138 e. The van der Waals surface area contributed by atoms with E-state index in [4.69, 9.17) is 9.97 Å². The monoisotopic (exact) mass is 303 g/mol. The van der Waals surface area contributed by atoms with Crippen LogP contribution in [0.2, 0.25) is 0 Å². The minimum Gasteiger partial charge on any atom is -0.369 e. The van der Waals surface area contributed by atoms with Gasteiger partial charge >= 0.3 is 0 Å². The van der Waals surface area contributed by atoms with Crippen molar-refractivity contribution in [3.63, 3.8) is 0 Å². The predicted octanol–water partition coefficient (Wildman–Crippen LogP) is 5.26. The van der Waals surface area contributed by atoms with E-state index < -0.39 is 0 Å². The molecule has 1 aliphatic rings. The van der Waals surface area contributed by atoms with Crippen LogP contribution in [0.15, 0.2) is 6.07 Å². The van der Waals surface area contributed by atoms with Crippen molar-refractivity contribution in [2.24, 2.45) is 0 Å². The van der Waals surface area contributed by atoms with Gasteiger partial charge in [-0.2, -0.15) is 0 Å². The zero-order valence-electron chi connectivity index (χ0n) is 13.1. The fourth-order valence-corrected chi connectivity index (χ4v) is 4.04. The second-order valence-corrected chi connectivity index (χ2v) is 7.36. The molecule has 114 valence electrons. The summed E-state index contributed by atoms with van der Waals surface area (Å²) >= 11 is 1.79. The molecule has 21 heavy (non-hydrogen) atoms. The number of thiophene rings is 1. The Morgan fingerprint density at radius 1 is 1.19 bits per heavy atom. The molecule has 4 heteroatoms. The molecule has 0 aromatic carbocycles. The summed E-state index contributed by atoms with van der Waals surface area (Å²) in [5.41, 5.74) is 0. The van der Waals surface area contributed by atoms with Crippen molar-refractivity contribution < 1.29 is 0 Å². The van der Waals surface area contributed by atoms with E-state index in [-0.39, 0.29) is 0 Å². The summed E-state index contributed by atoms with van der Waals surface area (Å²) in [7, 11) is 0. The molecular weight excluding hydrogens is 278 g/mol. The molecular formula is C17H25N3S. The summed E-state index contributed by atoms with van der Waals surface area (Å²) in [6, 6.07) is 2.22. The molecule has 0 unspecified atom stereocenters. The van der Waals surface area contributed by atoms with Crippen LogP contribution in [-0.4, -0.2) is 16.5 Å². The lowest BCUT2D eigenvalue weighted by Crippen LogP contribution is -2.08. The smallest absolute Gasteiger partial charge is 0.138 e. The Balaban J connectivity index is 1.97. The molecule has 3 rings (SSSR count). The molecule has 2 aromatic heterocycles. The number of aromatic nitrogens is 2. The van der Waals surface area contributed by atoms with Crippen molar-refractivity contribution in [1.29, 1.82) is 0 Å². The normalized spacial score (nSPS) is 17.0. The van der Waals surface area contributed by atoms with Crippen molar-refractivity contribution in [2.45, 2.75) is 64.7 Å². The van der Waals surface area contributed by atoms with E-state index in [9.17, 15) is 0 Å². The second kappa shape index (κ2) is 6.73. The fourth-order valence-electron chi connectivity index (χ4n) is 3.16. The SMILES string of the molecule is CCCNc1nc(C2CCCCCC2)nc2sc(C)cc12. The first-order valence-corrected chi connectivity index (χ1v) is 9.11. The highest BCUT2D eigenvalue weighted by molar-refractivity contribution is 7.18. The van der Waals surface area contributed by atoms with E-state index in [0.717, 1.165) is 29.4 Å². The molecule has 2 aromatic rings. The van der Waals surface area contributed by atoms with Crippen molar-refractivity contribution in [1.82, 2.24) is 9.97 Å². The summed E-state index contributed by atoms with van der Waals surface area (Å²) in [6.07, 6.45) is 9.02. The summed E-state index contributed by atoms with van der Waals surface area (Å²) in [4.78, 5) is 12.3. The van der Waals surface area contributed by atoms with Gasteiger partial charge in [0.1, 0.15) is 16.5 Å². The average molecular weight is 303 g/mol. The predicted molar refractivity (Wildman–Crippen MR) is 91.4 cm³/mol. The Labute approximate surface area is 131 Å². The zero-order valence-corrected chi connectivity index (χ0v) is 13.9. The van der Waals surface area contributed by atoms with Gasteiger partial charge in [-0.05, 0) is 32.3 Å². The average Bonchev–Trinajstić information content (AvgIpc) is 2.70. The molecule has 0 saturated heterocycles.